The molecule has 3 aliphatic rings. The van der Waals surface area contributed by atoms with Crippen molar-refractivity contribution in [3.63, 3.8) is 0 Å². The van der Waals surface area contributed by atoms with Gasteiger partial charge < -0.3 is 9.64 Å². The fourth-order valence-corrected chi connectivity index (χ4v) is 6.16. The minimum atomic E-state index is -0.371. The highest BCUT2D eigenvalue weighted by atomic mass is 32.1. The molecule has 1 atom stereocenters. The largest absolute Gasteiger partial charge is 0.447 e. The number of nitriles is 1. The number of cyclic esters (lactones) is 1. The molecular weight excluding hydrogens is 528 g/mol. The number of piperazine rings is 1. The Morgan fingerprint density at radius 1 is 1.18 bits per heavy atom. The Bertz CT molecular complexity index is 1710. The smallest absolute Gasteiger partial charge is 0.410 e. The van der Waals surface area contributed by atoms with Gasteiger partial charge in [0.15, 0.2) is 10.8 Å². The minimum Gasteiger partial charge on any atom is -0.447 e. The lowest BCUT2D eigenvalue weighted by molar-refractivity contribution is 0.102. The van der Waals surface area contributed by atoms with E-state index in [0.717, 1.165) is 45.7 Å². The summed E-state index contributed by atoms with van der Waals surface area (Å²) in [4.78, 5) is 47.1. The molecule has 3 fully saturated rings. The topological polar surface area (TPSA) is 137 Å². The maximum absolute atomic E-state index is 13.4. The number of aryl methyl sites for hydroxylation is 1. The van der Waals surface area contributed by atoms with E-state index >= 15 is 0 Å². The van der Waals surface area contributed by atoms with Crippen molar-refractivity contribution in [2.24, 2.45) is 0 Å². The summed E-state index contributed by atoms with van der Waals surface area (Å²) in [5.41, 5.74) is 4.71. The summed E-state index contributed by atoms with van der Waals surface area (Å²) in [6.45, 7) is 3.94. The molecule has 11 nitrogen and oxygen atoms in total. The van der Waals surface area contributed by atoms with Gasteiger partial charge in [-0.1, -0.05) is 17.4 Å². The van der Waals surface area contributed by atoms with E-state index in [9.17, 15) is 14.9 Å². The van der Waals surface area contributed by atoms with Gasteiger partial charge >= 0.3 is 6.09 Å². The van der Waals surface area contributed by atoms with Crippen molar-refractivity contribution in [1.29, 1.82) is 5.26 Å². The zero-order chi connectivity index (χ0) is 27.4. The Balaban J connectivity index is 1.11. The molecule has 1 aliphatic carbocycles. The van der Waals surface area contributed by atoms with E-state index in [0.29, 0.717) is 42.6 Å². The number of hydrogen-bond donors (Lipinski definition) is 1. The lowest BCUT2D eigenvalue weighted by atomic mass is 9.99. The predicted octanol–water partition coefficient (Wildman–Crippen LogP) is 3.91. The van der Waals surface area contributed by atoms with Gasteiger partial charge in [-0.2, -0.15) is 10.2 Å². The van der Waals surface area contributed by atoms with Crippen LogP contribution < -0.4 is 10.2 Å². The summed E-state index contributed by atoms with van der Waals surface area (Å²) in [5, 5.41) is 12.8. The van der Waals surface area contributed by atoms with Crippen molar-refractivity contribution >= 4 is 44.5 Å². The molecule has 1 N–H and O–H groups in total. The average Bonchev–Trinajstić information content (AvgIpc) is 3.55. The molecule has 12 heteroatoms. The van der Waals surface area contributed by atoms with Crippen LogP contribution in [0.2, 0.25) is 0 Å². The summed E-state index contributed by atoms with van der Waals surface area (Å²) in [7, 11) is 0. The van der Waals surface area contributed by atoms with Gasteiger partial charge in [0, 0.05) is 49.5 Å². The minimum absolute atomic E-state index is 0.0398. The number of thiazole rings is 1. The summed E-state index contributed by atoms with van der Waals surface area (Å²) < 4.78 is 6.01. The van der Waals surface area contributed by atoms with Crippen molar-refractivity contribution < 1.29 is 14.3 Å². The third kappa shape index (κ3) is 4.19. The Morgan fingerprint density at radius 2 is 2.05 bits per heavy atom. The Morgan fingerprint density at radius 3 is 2.83 bits per heavy atom. The second-order valence-electron chi connectivity index (χ2n) is 10.4. The number of amides is 2. The van der Waals surface area contributed by atoms with E-state index in [1.807, 2.05) is 31.2 Å². The highest BCUT2D eigenvalue weighted by molar-refractivity contribution is 7.22. The van der Waals surface area contributed by atoms with Crippen LogP contribution in [-0.2, 0) is 10.2 Å². The maximum atomic E-state index is 13.4. The number of rotatable bonds is 5. The number of carbonyl (C=O) groups excluding carboxylic acids is 2. The number of aromatic nitrogens is 4. The second kappa shape index (κ2) is 9.24. The first kappa shape index (κ1) is 24.4. The van der Waals surface area contributed by atoms with E-state index in [-0.39, 0.29) is 23.5 Å². The van der Waals surface area contributed by atoms with Crippen molar-refractivity contribution in [3.05, 3.63) is 59.7 Å². The van der Waals surface area contributed by atoms with Gasteiger partial charge in [0.2, 0.25) is 0 Å². The van der Waals surface area contributed by atoms with Gasteiger partial charge in [0.05, 0.1) is 39.2 Å². The highest BCUT2D eigenvalue weighted by Gasteiger charge is 2.45. The molecule has 2 amide bonds. The standard InChI is InChI=1S/C28H24N8O3S/c1-16-8-22(35-6-7-36-19(13-35)14-39-27(36)38)20(12-30-16)25(37)34-26-33-24-23(40-26)9-17(10-32-24)21-3-2-18(11-31-21)28(15-29)4-5-28/h2-3,8-12,19H,4-7,13-14H2,1H3,(H,32,33,34,37)/t19-/m1/s1. The zero-order valence-corrected chi connectivity index (χ0v) is 22.4. The number of hydrogen-bond acceptors (Lipinski definition) is 10. The van der Waals surface area contributed by atoms with E-state index in [2.05, 4.69) is 36.2 Å². The van der Waals surface area contributed by atoms with Crippen molar-refractivity contribution in [2.75, 3.05) is 36.5 Å². The third-order valence-electron chi connectivity index (χ3n) is 7.76. The summed E-state index contributed by atoms with van der Waals surface area (Å²) in [5.74, 6) is -0.313. The van der Waals surface area contributed by atoms with Crippen LogP contribution in [0.15, 0.2) is 42.9 Å². The fourth-order valence-electron chi connectivity index (χ4n) is 5.30. The van der Waals surface area contributed by atoms with Crippen molar-refractivity contribution in [1.82, 2.24) is 24.8 Å². The molecule has 0 unspecified atom stereocenters. The van der Waals surface area contributed by atoms with Crippen molar-refractivity contribution in [3.8, 4) is 17.3 Å². The first-order chi connectivity index (χ1) is 19.4. The van der Waals surface area contributed by atoms with Crippen LogP contribution in [0.1, 0.15) is 34.5 Å². The van der Waals surface area contributed by atoms with E-state index < -0.39 is 0 Å². The van der Waals surface area contributed by atoms with Crippen LogP contribution in [0.4, 0.5) is 15.6 Å². The van der Waals surface area contributed by atoms with Crippen LogP contribution >= 0.6 is 11.3 Å². The molecular formula is C28H24N8O3S. The third-order valence-corrected chi connectivity index (χ3v) is 8.67. The number of nitrogens with zero attached hydrogens (tertiary/aromatic N) is 7. The molecule has 6 heterocycles. The van der Waals surface area contributed by atoms with E-state index in [1.54, 1.807) is 23.5 Å². The van der Waals surface area contributed by atoms with Crippen LogP contribution in [0.25, 0.3) is 21.6 Å². The molecule has 0 spiro atoms. The molecule has 0 bridgehead atoms. The Labute approximate surface area is 233 Å². The fraction of sp³-hybridized carbons (Fsp3) is 0.321. The van der Waals surface area contributed by atoms with Gasteiger partial charge in [-0.25, -0.2) is 9.78 Å². The number of nitrogens with one attached hydrogen (secondary N) is 1. The predicted molar refractivity (Wildman–Crippen MR) is 148 cm³/mol. The molecule has 0 aromatic carbocycles. The summed E-state index contributed by atoms with van der Waals surface area (Å²) in [6.07, 6.45) is 6.55. The first-order valence-corrected chi connectivity index (χ1v) is 13.9. The number of ether oxygens (including phenoxy) is 1. The summed E-state index contributed by atoms with van der Waals surface area (Å²) >= 11 is 1.34. The maximum Gasteiger partial charge on any atom is 0.410 e. The lowest BCUT2D eigenvalue weighted by Gasteiger charge is -2.37. The summed E-state index contributed by atoms with van der Waals surface area (Å²) in [6, 6.07) is 10.1. The molecule has 0 radical (unpaired) electrons. The molecule has 7 rings (SSSR count). The number of anilines is 2. The van der Waals surface area contributed by atoms with Gasteiger partial charge in [-0.3, -0.25) is 25.0 Å². The molecule has 200 valence electrons. The number of pyridine rings is 3. The molecule has 40 heavy (non-hydrogen) atoms. The normalized spacial score (nSPS) is 19.2. The monoisotopic (exact) mass is 552 g/mol. The van der Waals surface area contributed by atoms with Gasteiger partial charge in [-0.05, 0) is 43.5 Å². The molecule has 4 aromatic heterocycles. The van der Waals surface area contributed by atoms with Crippen LogP contribution in [0, 0.1) is 18.3 Å². The molecule has 2 saturated heterocycles. The SMILES string of the molecule is Cc1cc(N2CCN3C(=O)OC[C@H]3C2)c(C(=O)Nc2nc3ncc(-c4ccc(C5(C#N)CC5)cn4)cc3s2)cn1. The second-order valence-corrected chi connectivity index (χ2v) is 11.4. The van der Waals surface area contributed by atoms with Crippen LogP contribution in [0.3, 0.4) is 0 Å². The zero-order valence-electron chi connectivity index (χ0n) is 21.6. The quantitative estimate of drug-likeness (QED) is 0.391. The average molecular weight is 553 g/mol. The number of carbonyl (C=O) groups is 2. The Kier molecular flexibility index (Phi) is 5.64. The molecule has 2 aliphatic heterocycles. The lowest BCUT2D eigenvalue weighted by Crippen LogP contribution is -2.52. The van der Waals surface area contributed by atoms with Gasteiger partial charge in [-0.15, -0.1) is 0 Å². The Hall–Kier alpha value is -4.63. The first-order valence-electron chi connectivity index (χ1n) is 13.0. The van der Waals surface area contributed by atoms with E-state index in [1.165, 1.54) is 11.3 Å². The van der Waals surface area contributed by atoms with Gasteiger partial charge in [0.1, 0.15) is 6.61 Å². The van der Waals surface area contributed by atoms with Gasteiger partial charge in [0.25, 0.3) is 5.91 Å². The number of fused-ring (bicyclic) bond motifs is 2. The van der Waals surface area contributed by atoms with Crippen LogP contribution in [-0.4, -0.2) is 69.1 Å². The van der Waals surface area contributed by atoms with Crippen molar-refractivity contribution in [2.45, 2.75) is 31.2 Å². The molecule has 1 saturated carbocycles. The highest BCUT2D eigenvalue weighted by Crippen LogP contribution is 2.47. The molecule has 4 aromatic rings. The van der Waals surface area contributed by atoms with Crippen LogP contribution in [0.5, 0.6) is 0 Å². The van der Waals surface area contributed by atoms with E-state index in [4.69, 9.17) is 4.74 Å².